The minimum Gasteiger partial charge on any atom is -0.364 e. The molecule has 98 valence electrons. The number of ether oxygens (including phenoxy) is 1. The van der Waals surface area contributed by atoms with E-state index >= 15 is 0 Å². The third kappa shape index (κ3) is 3.31. The predicted octanol–water partition coefficient (Wildman–Crippen LogP) is 1.89. The largest absolute Gasteiger partial charge is 0.364 e. The second-order valence-electron chi connectivity index (χ2n) is 4.42. The van der Waals surface area contributed by atoms with Gasteiger partial charge in [-0.05, 0) is 25.3 Å². The number of carbonyl (C=O) groups is 1. The smallest absolute Gasteiger partial charge is 0.268 e. The van der Waals surface area contributed by atoms with Gasteiger partial charge in [0.15, 0.2) is 6.10 Å². The average Bonchev–Trinajstić information content (AvgIpc) is 2.89. The number of hydrogen-bond donors (Lipinski definition) is 1. The monoisotopic (exact) mass is 248 g/mol. The average molecular weight is 248 g/mol. The van der Waals surface area contributed by atoms with E-state index in [2.05, 4.69) is 5.43 Å². The highest BCUT2D eigenvalue weighted by Crippen LogP contribution is 2.18. The van der Waals surface area contributed by atoms with Crippen molar-refractivity contribution in [3.63, 3.8) is 0 Å². The van der Waals surface area contributed by atoms with E-state index in [9.17, 15) is 4.79 Å². The lowest BCUT2D eigenvalue weighted by Crippen LogP contribution is -2.43. The third-order valence-corrected chi connectivity index (χ3v) is 3.05. The molecule has 1 saturated heterocycles. The quantitative estimate of drug-likeness (QED) is 0.865. The van der Waals surface area contributed by atoms with E-state index in [-0.39, 0.29) is 5.91 Å². The minimum absolute atomic E-state index is 0.0787. The van der Waals surface area contributed by atoms with Crippen molar-refractivity contribution < 1.29 is 9.53 Å². The van der Waals surface area contributed by atoms with Crippen molar-refractivity contribution in [2.75, 3.05) is 19.7 Å². The molecule has 0 bridgehead atoms. The van der Waals surface area contributed by atoms with Gasteiger partial charge in [-0.1, -0.05) is 30.3 Å². The molecular weight excluding hydrogens is 228 g/mol. The molecule has 0 aliphatic carbocycles. The number of amides is 1. The van der Waals surface area contributed by atoms with Gasteiger partial charge in [0.1, 0.15) is 0 Å². The fourth-order valence-electron chi connectivity index (χ4n) is 2.16. The lowest BCUT2D eigenvalue weighted by atomic mass is 10.1. The number of benzene rings is 1. The van der Waals surface area contributed by atoms with Crippen LogP contribution in [0.5, 0.6) is 0 Å². The first kappa shape index (κ1) is 13.1. The lowest BCUT2D eigenvalue weighted by molar-refractivity contribution is -0.137. The molecule has 1 aromatic carbocycles. The third-order valence-electron chi connectivity index (χ3n) is 3.05. The number of hydrazine groups is 1. The second-order valence-corrected chi connectivity index (χ2v) is 4.42. The molecule has 0 saturated carbocycles. The number of hydrogen-bond acceptors (Lipinski definition) is 3. The summed E-state index contributed by atoms with van der Waals surface area (Å²) < 4.78 is 5.56. The summed E-state index contributed by atoms with van der Waals surface area (Å²) in [6, 6.07) is 9.62. The van der Waals surface area contributed by atoms with Crippen LogP contribution in [-0.4, -0.2) is 30.6 Å². The van der Waals surface area contributed by atoms with Crippen molar-refractivity contribution in [2.45, 2.75) is 25.9 Å². The first-order valence-corrected chi connectivity index (χ1v) is 6.53. The van der Waals surface area contributed by atoms with E-state index in [0.717, 1.165) is 31.5 Å². The van der Waals surface area contributed by atoms with Crippen LogP contribution in [0.3, 0.4) is 0 Å². The molecule has 4 heteroatoms. The van der Waals surface area contributed by atoms with Gasteiger partial charge < -0.3 is 4.74 Å². The zero-order chi connectivity index (χ0) is 12.8. The molecule has 1 fully saturated rings. The fourth-order valence-corrected chi connectivity index (χ4v) is 2.16. The van der Waals surface area contributed by atoms with E-state index < -0.39 is 6.10 Å². The van der Waals surface area contributed by atoms with Gasteiger partial charge in [-0.15, -0.1) is 0 Å². The molecule has 2 rings (SSSR count). The highest BCUT2D eigenvalue weighted by atomic mass is 16.5. The lowest BCUT2D eigenvalue weighted by Gasteiger charge is -2.22. The number of nitrogens with one attached hydrogen (secondary N) is 1. The van der Waals surface area contributed by atoms with Crippen LogP contribution in [-0.2, 0) is 9.53 Å². The van der Waals surface area contributed by atoms with Crippen molar-refractivity contribution in [1.29, 1.82) is 0 Å². The summed E-state index contributed by atoms with van der Waals surface area (Å²) in [6.45, 7) is 4.28. The SMILES string of the molecule is CCOC(C(=O)NN1CCCC1)c1ccccc1. The van der Waals surface area contributed by atoms with Gasteiger partial charge in [0.25, 0.3) is 5.91 Å². The van der Waals surface area contributed by atoms with Crippen LogP contribution in [0.1, 0.15) is 31.4 Å². The van der Waals surface area contributed by atoms with Crippen molar-refractivity contribution in [3.8, 4) is 0 Å². The summed E-state index contributed by atoms with van der Waals surface area (Å²) in [4.78, 5) is 12.2. The van der Waals surface area contributed by atoms with E-state index in [4.69, 9.17) is 4.74 Å². The first-order valence-electron chi connectivity index (χ1n) is 6.53. The molecule has 0 radical (unpaired) electrons. The van der Waals surface area contributed by atoms with Gasteiger partial charge >= 0.3 is 0 Å². The predicted molar refractivity (Wildman–Crippen MR) is 69.8 cm³/mol. The molecule has 1 aliphatic heterocycles. The summed E-state index contributed by atoms with van der Waals surface area (Å²) in [5.41, 5.74) is 3.83. The molecule has 1 amide bonds. The van der Waals surface area contributed by atoms with Crippen LogP contribution in [0.25, 0.3) is 0 Å². The van der Waals surface area contributed by atoms with Gasteiger partial charge in [-0.3, -0.25) is 10.2 Å². The zero-order valence-corrected chi connectivity index (χ0v) is 10.8. The fraction of sp³-hybridized carbons (Fsp3) is 0.500. The summed E-state index contributed by atoms with van der Waals surface area (Å²) >= 11 is 0. The zero-order valence-electron chi connectivity index (χ0n) is 10.8. The van der Waals surface area contributed by atoms with E-state index in [1.54, 1.807) is 0 Å². The van der Waals surface area contributed by atoms with Crippen LogP contribution in [0.2, 0.25) is 0 Å². The number of rotatable bonds is 5. The van der Waals surface area contributed by atoms with Gasteiger partial charge in [-0.2, -0.15) is 0 Å². The molecule has 1 unspecified atom stereocenters. The Labute approximate surface area is 108 Å². The Morgan fingerprint density at radius 1 is 1.33 bits per heavy atom. The summed E-state index contributed by atoms with van der Waals surface area (Å²) in [5, 5.41) is 1.97. The number of nitrogens with zero attached hydrogens (tertiary/aromatic N) is 1. The Kier molecular flexibility index (Phi) is 4.73. The second kappa shape index (κ2) is 6.52. The maximum absolute atomic E-state index is 12.2. The number of carbonyl (C=O) groups excluding carboxylic acids is 1. The highest BCUT2D eigenvalue weighted by Gasteiger charge is 2.23. The van der Waals surface area contributed by atoms with Gasteiger partial charge in [0.05, 0.1) is 0 Å². The molecule has 0 spiro atoms. The van der Waals surface area contributed by atoms with Gasteiger partial charge in [0.2, 0.25) is 0 Å². The summed E-state index contributed by atoms with van der Waals surface area (Å²) in [6.07, 6.45) is 1.77. The van der Waals surface area contributed by atoms with Crippen LogP contribution in [0, 0.1) is 0 Å². The van der Waals surface area contributed by atoms with E-state index in [0.29, 0.717) is 6.61 Å². The maximum atomic E-state index is 12.2. The summed E-state index contributed by atoms with van der Waals surface area (Å²) in [5.74, 6) is -0.0787. The van der Waals surface area contributed by atoms with E-state index in [1.807, 2.05) is 42.3 Å². The summed E-state index contributed by atoms with van der Waals surface area (Å²) in [7, 11) is 0. The van der Waals surface area contributed by atoms with Crippen LogP contribution in [0.15, 0.2) is 30.3 Å². The van der Waals surface area contributed by atoms with Gasteiger partial charge in [-0.25, -0.2) is 5.01 Å². The van der Waals surface area contributed by atoms with E-state index in [1.165, 1.54) is 0 Å². The first-order chi connectivity index (χ1) is 8.81. The molecule has 1 aliphatic rings. The Morgan fingerprint density at radius 3 is 2.61 bits per heavy atom. The van der Waals surface area contributed by atoms with Crippen LogP contribution in [0.4, 0.5) is 0 Å². The van der Waals surface area contributed by atoms with Crippen LogP contribution < -0.4 is 5.43 Å². The Balaban J connectivity index is 2.02. The molecule has 0 aromatic heterocycles. The Bertz CT molecular complexity index is 375. The molecule has 4 nitrogen and oxygen atoms in total. The Hall–Kier alpha value is -1.39. The Morgan fingerprint density at radius 2 is 2.00 bits per heavy atom. The van der Waals surface area contributed by atoms with Crippen molar-refractivity contribution in [1.82, 2.24) is 10.4 Å². The van der Waals surface area contributed by atoms with Gasteiger partial charge in [0, 0.05) is 19.7 Å². The molecule has 1 N–H and O–H groups in total. The molecule has 1 atom stereocenters. The molecule has 18 heavy (non-hydrogen) atoms. The van der Waals surface area contributed by atoms with Crippen LogP contribution >= 0.6 is 0 Å². The topological polar surface area (TPSA) is 41.6 Å². The molecular formula is C14H20N2O2. The van der Waals surface area contributed by atoms with Crippen molar-refractivity contribution in [2.24, 2.45) is 0 Å². The standard InChI is InChI=1S/C14H20N2O2/c1-2-18-13(12-8-4-3-5-9-12)14(17)15-16-10-6-7-11-16/h3-5,8-9,13H,2,6-7,10-11H2,1H3,(H,15,17). The normalized spacial score (nSPS) is 17.6. The van der Waals surface area contributed by atoms with Crippen molar-refractivity contribution in [3.05, 3.63) is 35.9 Å². The minimum atomic E-state index is -0.517. The highest BCUT2D eigenvalue weighted by molar-refractivity contribution is 5.81. The molecule has 1 heterocycles. The molecule has 1 aromatic rings. The maximum Gasteiger partial charge on any atom is 0.268 e. The van der Waals surface area contributed by atoms with Crippen molar-refractivity contribution >= 4 is 5.91 Å².